The van der Waals surface area contributed by atoms with Crippen LogP contribution in [0.1, 0.15) is 56.6 Å². The van der Waals surface area contributed by atoms with Crippen LogP contribution in [0.2, 0.25) is 0 Å². The van der Waals surface area contributed by atoms with Crippen LogP contribution in [-0.4, -0.2) is 16.9 Å². The van der Waals surface area contributed by atoms with Crippen LogP contribution in [0, 0.1) is 5.41 Å². The normalized spacial score (nSPS) is 11.9. The van der Waals surface area contributed by atoms with Gasteiger partial charge in [-0.1, -0.05) is 60.7 Å². The second-order valence-electron chi connectivity index (χ2n) is 7.95. The molecule has 0 amide bonds. The van der Waals surface area contributed by atoms with E-state index in [1.165, 1.54) is 0 Å². The fourth-order valence-electron chi connectivity index (χ4n) is 2.62. The van der Waals surface area contributed by atoms with E-state index in [0.29, 0.717) is 11.3 Å². The molecular weight excluding hydrogens is 364 g/mol. The van der Waals surface area contributed by atoms with Crippen LogP contribution in [0.25, 0.3) is 10.8 Å². The first-order valence-corrected chi connectivity index (χ1v) is 9.59. The second-order valence-corrected chi connectivity index (χ2v) is 7.95. The number of carboxylic acids is 1. The summed E-state index contributed by atoms with van der Waals surface area (Å²) < 4.78 is 6.19. The van der Waals surface area contributed by atoms with Gasteiger partial charge in [-0.05, 0) is 51.6 Å². The van der Waals surface area contributed by atoms with Crippen LogP contribution < -0.4 is 4.74 Å². The molecule has 0 spiro atoms. The number of carboxylic acid groups (broad SMARTS) is 1. The van der Waals surface area contributed by atoms with Gasteiger partial charge >= 0.3 is 5.97 Å². The lowest BCUT2D eigenvalue weighted by molar-refractivity contribution is -0.145. The van der Waals surface area contributed by atoms with E-state index < -0.39 is 11.4 Å². The van der Waals surface area contributed by atoms with Crippen molar-refractivity contribution in [2.45, 2.75) is 40.7 Å². The van der Waals surface area contributed by atoms with Crippen molar-refractivity contribution >= 4 is 22.5 Å². The number of ketones is 1. The highest BCUT2D eigenvalue weighted by atomic mass is 16.5. The van der Waals surface area contributed by atoms with Crippen molar-refractivity contribution in [2.24, 2.45) is 5.41 Å². The third-order valence-corrected chi connectivity index (χ3v) is 4.46. The maximum Gasteiger partial charge on any atom is 0.308 e. The first kappa shape index (κ1) is 22.2. The number of hydrogen-bond acceptors (Lipinski definition) is 3. The highest BCUT2D eigenvalue weighted by molar-refractivity contribution is 6.03. The van der Waals surface area contributed by atoms with E-state index in [1.807, 2.05) is 73.7 Å². The first-order valence-electron chi connectivity index (χ1n) is 9.59. The molecule has 29 heavy (non-hydrogen) atoms. The van der Waals surface area contributed by atoms with Crippen molar-refractivity contribution in [3.05, 3.63) is 77.9 Å². The summed E-state index contributed by atoms with van der Waals surface area (Å²) in [6, 6.07) is 21.8. The number of aliphatic carboxylic acids is 1. The van der Waals surface area contributed by atoms with E-state index in [4.69, 9.17) is 9.84 Å². The number of hydrogen-bond donors (Lipinski definition) is 1. The maximum atomic E-state index is 11.9. The van der Waals surface area contributed by atoms with Crippen molar-refractivity contribution in [3.63, 3.8) is 0 Å². The molecule has 3 aromatic carbocycles. The molecule has 0 heterocycles. The molecule has 0 saturated carbocycles. The van der Waals surface area contributed by atoms with Gasteiger partial charge in [0.05, 0.1) is 11.0 Å². The summed E-state index contributed by atoms with van der Waals surface area (Å²) in [4.78, 5) is 22.0. The van der Waals surface area contributed by atoms with Gasteiger partial charge in [-0.2, -0.15) is 0 Å². The second kappa shape index (κ2) is 9.37. The zero-order valence-corrected chi connectivity index (χ0v) is 17.6. The number of fused-ring (bicyclic) bond motifs is 1. The number of carbonyl (C=O) groups is 2. The minimum atomic E-state index is -0.757. The summed E-state index contributed by atoms with van der Waals surface area (Å²) in [6.45, 7) is 8.56. The summed E-state index contributed by atoms with van der Waals surface area (Å²) >= 11 is 0. The first-order chi connectivity index (χ1) is 13.6. The van der Waals surface area contributed by atoms with E-state index in [1.54, 1.807) is 27.7 Å². The highest BCUT2D eigenvalue weighted by Crippen LogP contribution is 2.33. The fourth-order valence-corrected chi connectivity index (χ4v) is 2.62. The van der Waals surface area contributed by atoms with Crippen LogP contribution in [-0.2, 0) is 4.79 Å². The molecule has 0 aliphatic carbocycles. The lowest BCUT2D eigenvalue weighted by atomic mass is 9.98. The summed E-state index contributed by atoms with van der Waals surface area (Å²) in [7, 11) is 0. The standard InChI is InChI=1S/C20H18O2.C5H10O2/c1-14(21)18-13-12-17-10-6-7-11-19(17)20(18)22-15(2)16-8-4-3-5-9-16;1-5(2,3)4(6)7/h3-13,15H,1-2H3;1-3H3,(H,6,7). The van der Waals surface area contributed by atoms with Crippen LogP contribution >= 0.6 is 0 Å². The molecule has 0 aliphatic heterocycles. The molecule has 152 valence electrons. The van der Waals surface area contributed by atoms with Gasteiger partial charge in [-0.3, -0.25) is 9.59 Å². The molecular formula is C25H28O4. The molecule has 1 unspecified atom stereocenters. The molecule has 3 rings (SSSR count). The van der Waals surface area contributed by atoms with E-state index in [-0.39, 0.29) is 11.9 Å². The molecule has 4 nitrogen and oxygen atoms in total. The topological polar surface area (TPSA) is 63.6 Å². The Labute approximate surface area is 172 Å². The van der Waals surface area contributed by atoms with Crippen LogP contribution in [0.4, 0.5) is 0 Å². The number of ether oxygens (including phenoxy) is 1. The van der Waals surface area contributed by atoms with Crippen molar-refractivity contribution in [3.8, 4) is 5.75 Å². The van der Waals surface area contributed by atoms with Crippen molar-refractivity contribution in [2.75, 3.05) is 0 Å². The monoisotopic (exact) mass is 392 g/mol. The smallest absolute Gasteiger partial charge is 0.308 e. The largest absolute Gasteiger partial charge is 0.485 e. The van der Waals surface area contributed by atoms with Gasteiger partial charge < -0.3 is 9.84 Å². The average molecular weight is 392 g/mol. The number of benzene rings is 3. The Kier molecular flexibility index (Phi) is 7.16. The summed E-state index contributed by atoms with van der Waals surface area (Å²) in [5, 5.41) is 10.3. The zero-order chi connectivity index (χ0) is 21.6. The van der Waals surface area contributed by atoms with Gasteiger partial charge in [-0.15, -0.1) is 0 Å². The number of rotatable bonds is 4. The van der Waals surface area contributed by atoms with E-state index in [9.17, 15) is 9.59 Å². The van der Waals surface area contributed by atoms with Crippen LogP contribution in [0.5, 0.6) is 5.75 Å². The van der Waals surface area contributed by atoms with Gasteiger partial charge in [0.15, 0.2) is 5.78 Å². The SMILES string of the molecule is CC(=O)c1ccc2ccccc2c1OC(C)c1ccccc1.CC(C)(C)C(=O)O. The lowest BCUT2D eigenvalue weighted by Crippen LogP contribution is -2.18. The summed E-state index contributed by atoms with van der Waals surface area (Å²) in [6.07, 6.45) is -0.120. The van der Waals surface area contributed by atoms with Gasteiger partial charge in [0.2, 0.25) is 0 Å². The van der Waals surface area contributed by atoms with Crippen LogP contribution in [0.3, 0.4) is 0 Å². The van der Waals surface area contributed by atoms with E-state index >= 15 is 0 Å². The molecule has 0 bridgehead atoms. The van der Waals surface area contributed by atoms with Gasteiger partial charge in [0, 0.05) is 5.39 Å². The summed E-state index contributed by atoms with van der Waals surface area (Å²) in [5.74, 6) is -0.0736. The fraction of sp³-hybridized carbons (Fsp3) is 0.280. The molecule has 0 aromatic heterocycles. The quantitative estimate of drug-likeness (QED) is 0.529. The third kappa shape index (κ3) is 5.92. The molecule has 3 aromatic rings. The Morgan fingerprint density at radius 2 is 1.45 bits per heavy atom. The Morgan fingerprint density at radius 1 is 0.897 bits per heavy atom. The van der Waals surface area contributed by atoms with Crippen molar-refractivity contribution < 1.29 is 19.4 Å². The minimum Gasteiger partial charge on any atom is -0.485 e. The highest BCUT2D eigenvalue weighted by Gasteiger charge is 2.19. The maximum absolute atomic E-state index is 11.9. The van der Waals surface area contributed by atoms with Gasteiger partial charge in [0.25, 0.3) is 0 Å². The number of carbonyl (C=O) groups excluding carboxylic acids is 1. The van der Waals surface area contributed by atoms with Crippen molar-refractivity contribution in [1.82, 2.24) is 0 Å². The molecule has 0 fully saturated rings. The minimum absolute atomic E-state index is 0.0148. The molecule has 0 aliphatic rings. The van der Waals surface area contributed by atoms with E-state index in [2.05, 4.69) is 0 Å². The van der Waals surface area contributed by atoms with Crippen LogP contribution in [0.15, 0.2) is 66.7 Å². The zero-order valence-electron chi connectivity index (χ0n) is 17.6. The summed E-state index contributed by atoms with van der Waals surface area (Å²) in [5.41, 5.74) is 1.13. The molecule has 0 saturated heterocycles. The van der Waals surface area contributed by atoms with Gasteiger partial charge in [0.1, 0.15) is 11.9 Å². The average Bonchev–Trinajstić information content (AvgIpc) is 2.68. The molecule has 0 radical (unpaired) electrons. The Balaban J connectivity index is 0.000000370. The molecule has 1 atom stereocenters. The van der Waals surface area contributed by atoms with Gasteiger partial charge in [-0.25, -0.2) is 0 Å². The Hall–Kier alpha value is -3.14. The van der Waals surface area contributed by atoms with E-state index in [0.717, 1.165) is 16.3 Å². The number of Topliss-reactive ketones (excluding diaryl/α,β-unsaturated/α-hetero) is 1. The van der Waals surface area contributed by atoms with Crippen molar-refractivity contribution in [1.29, 1.82) is 0 Å². The molecule has 4 heteroatoms. The third-order valence-electron chi connectivity index (χ3n) is 4.46. The predicted molar refractivity (Wildman–Crippen MR) is 117 cm³/mol. The Bertz CT molecular complexity index is 985. The lowest BCUT2D eigenvalue weighted by Gasteiger charge is -2.19. The predicted octanol–water partition coefficient (Wildman–Crippen LogP) is 6.30. The molecule has 1 N–H and O–H groups in total. The Morgan fingerprint density at radius 3 is 2.00 bits per heavy atom.